The molecule has 1 rings (SSSR count). The highest BCUT2D eigenvalue weighted by Crippen LogP contribution is 2.13. The predicted molar refractivity (Wildman–Crippen MR) is 130 cm³/mol. The minimum absolute atomic E-state index is 0.119. The molecule has 0 aliphatic carbocycles. The van der Waals surface area contributed by atoms with Crippen LogP contribution in [-0.4, -0.2) is 53.9 Å². The molecule has 0 saturated heterocycles. The van der Waals surface area contributed by atoms with Gasteiger partial charge in [-0.25, -0.2) is 4.79 Å². The summed E-state index contributed by atoms with van der Waals surface area (Å²) in [6.45, 7) is 5.24. The number of nitrogens with two attached hydrogens (primary N) is 1. The second-order valence-corrected chi connectivity index (χ2v) is 8.60. The van der Waals surface area contributed by atoms with Gasteiger partial charge in [0.05, 0.1) is 0 Å². The van der Waals surface area contributed by atoms with Gasteiger partial charge in [0.2, 0.25) is 11.8 Å². The molecule has 34 heavy (non-hydrogen) atoms. The lowest BCUT2D eigenvalue weighted by molar-refractivity contribution is -0.142. The van der Waals surface area contributed by atoms with Crippen molar-refractivity contribution in [2.45, 2.75) is 52.3 Å². The lowest BCUT2D eigenvalue weighted by Crippen LogP contribution is -2.54. The molecule has 1 aromatic carbocycles. The first kappa shape index (κ1) is 28.8. The van der Waals surface area contributed by atoms with E-state index in [1.807, 2.05) is 0 Å². The van der Waals surface area contributed by atoms with Gasteiger partial charge in [-0.05, 0) is 42.7 Å². The molecule has 0 radical (unpaired) electrons. The van der Waals surface area contributed by atoms with Crippen molar-refractivity contribution < 1.29 is 28.7 Å². The summed E-state index contributed by atoms with van der Waals surface area (Å²) in [5, 5.41) is 10.2. The SMILES string of the molecule is CSC(=O)NC(C(=O)NC(CCCNC(N)=O)C(=O)Nc1ccc(COC(C)=O)cc1)C(C)C. The normalized spacial score (nSPS) is 12.3. The van der Waals surface area contributed by atoms with E-state index >= 15 is 0 Å². The fourth-order valence-electron chi connectivity index (χ4n) is 2.87. The van der Waals surface area contributed by atoms with Gasteiger partial charge >= 0.3 is 12.0 Å². The smallest absolute Gasteiger partial charge is 0.312 e. The number of hydrogen-bond acceptors (Lipinski definition) is 7. The van der Waals surface area contributed by atoms with E-state index in [0.717, 1.165) is 17.3 Å². The molecular formula is C22H33N5O6S. The van der Waals surface area contributed by atoms with Gasteiger partial charge in [0.25, 0.3) is 5.24 Å². The maximum atomic E-state index is 12.9. The Morgan fingerprint density at radius 2 is 1.68 bits per heavy atom. The summed E-state index contributed by atoms with van der Waals surface area (Å²) in [4.78, 5) is 59.4. The van der Waals surface area contributed by atoms with Crippen LogP contribution in [0.25, 0.3) is 0 Å². The highest BCUT2D eigenvalue weighted by molar-refractivity contribution is 8.12. The minimum Gasteiger partial charge on any atom is -0.461 e. The van der Waals surface area contributed by atoms with Crippen LogP contribution in [0.5, 0.6) is 0 Å². The molecule has 1 aromatic rings. The molecule has 0 aromatic heterocycles. The number of amides is 5. The van der Waals surface area contributed by atoms with Crippen LogP contribution in [0.15, 0.2) is 24.3 Å². The number of urea groups is 1. The molecule has 2 unspecified atom stereocenters. The van der Waals surface area contributed by atoms with Crippen molar-refractivity contribution in [3.05, 3.63) is 29.8 Å². The van der Waals surface area contributed by atoms with E-state index in [1.165, 1.54) is 6.92 Å². The summed E-state index contributed by atoms with van der Waals surface area (Å²) in [5.74, 6) is -1.55. The summed E-state index contributed by atoms with van der Waals surface area (Å²) < 4.78 is 4.94. The molecule has 0 spiro atoms. The number of ether oxygens (including phenoxy) is 1. The molecule has 0 fully saturated rings. The molecule has 11 nitrogen and oxygen atoms in total. The van der Waals surface area contributed by atoms with Crippen LogP contribution in [0.4, 0.5) is 15.3 Å². The molecule has 0 aliphatic rings. The molecule has 12 heteroatoms. The number of esters is 1. The second kappa shape index (κ2) is 14.8. The molecule has 6 N–H and O–H groups in total. The van der Waals surface area contributed by atoms with Crippen molar-refractivity contribution in [3.8, 4) is 0 Å². The van der Waals surface area contributed by atoms with Crippen LogP contribution in [0.1, 0.15) is 39.2 Å². The standard InChI is InChI=1S/C22H33N5O6S/c1-13(2)18(27-22(32)34-4)20(30)26-17(6-5-11-24-21(23)31)19(29)25-16-9-7-15(8-10-16)12-33-14(3)28/h7-10,13,17-18H,5-6,11-12H2,1-4H3,(H,25,29)(H,26,30)(H,27,32)(H3,23,24,31). The Morgan fingerprint density at radius 1 is 1.03 bits per heavy atom. The molecule has 0 aliphatic heterocycles. The maximum absolute atomic E-state index is 12.9. The molecular weight excluding hydrogens is 462 g/mol. The second-order valence-electron chi connectivity index (χ2n) is 7.82. The van der Waals surface area contributed by atoms with Crippen molar-refractivity contribution in [2.75, 3.05) is 18.1 Å². The predicted octanol–water partition coefficient (Wildman–Crippen LogP) is 1.72. The van der Waals surface area contributed by atoms with Gasteiger partial charge in [-0.15, -0.1) is 0 Å². The molecule has 0 saturated carbocycles. The van der Waals surface area contributed by atoms with Gasteiger partial charge in [0.15, 0.2) is 0 Å². The first-order chi connectivity index (χ1) is 16.0. The Balaban J connectivity index is 2.89. The topological polar surface area (TPSA) is 169 Å². The van der Waals surface area contributed by atoms with Crippen molar-refractivity contribution in [2.24, 2.45) is 11.7 Å². The number of anilines is 1. The first-order valence-electron chi connectivity index (χ1n) is 10.7. The Hall–Kier alpha value is -3.28. The molecule has 2 atom stereocenters. The lowest BCUT2D eigenvalue weighted by Gasteiger charge is -2.25. The lowest BCUT2D eigenvalue weighted by atomic mass is 10.0. The van der Waals surface area contributed by atoms with Crippen LogP contribution in [0.3, 0.4) is 0 Å². The largest absolute Gasteiger partial charge is 0.461 e. The number of primary amides is 1. The van der Waals surface area contributed by atoms with E-state index in [0.29, 0.717) is 12.1 Å². The molecule has 188 valence electrons. The zero-order valence-corrected chi connectivity index (χ0v) is 20.6. The third-order valence-corrected chi connectivity index (χ3v) is 5.16. The van der Waals surface area contributed by atoms with Crippen LogP contribution < -0.4 is 27.0 Å². The van der Waals surface area contributed by atoms with E-state index in [2.05, 4.69) is 21.3 Å². The fraction of sp³-hybridized carbons (Fsp3) is 0.500. The summed E-state index contributed by atoms with van der Waals surface area (Å²) >= 11 is 0.952. The van der Waals surface area contributed by atoms with Gasteiger partial charge in [-0.2, -0.15) is 0 Å². The number of carbonyl (C=O) groups is 5. The summed E-state index contributed by atoms with van der Waals surface area (Å²) in [6.07, 6.45) is 2.21. The van der Waals surface area contributed by atoms with E-state index in [1.54, 1.807) is 44.4 Å². The van der Waals surface area contributed by atoms with Crippen molar-refractivity contribution in [1.29, 1.82) is 0 Å². The summed E-state index contributed by atoms with van der Waals surface area (Å²) in [6, 6.07) is 4.29. The average Bonchev–Trinajstić information content (AvgIpc) is 2.78. The number of rotatable bonds is 12. The minimum atomic E-state index is -0.921. The third kappa shape index (κ3) is 11.0. The van der Waals surface area contributed by atoms with Gasteiger partial charge in [-0.3, -0.25) is 19.2 Å². The molecule has 0 bridgehead atoms. The van der Waals surface area contributed by atoms with E-state index in [9.17, 15) is 24.0 Å². The number of nitrogens with one attached hydrogen (secondary N) is 4. The van der Waals surface area contributed by atoms with Crippen LogP contribution in [0.2, 0.25) is 0 Å². The average molecular weight is 496 g/mol. The fourth-order valence-corrected chi connectivity index (χ4v) is 3.11. The van der Waals surface area contributed by atoms with E-state index in [-0.39, 0.29) is 30.7 Å². The number of benzene rings is 1. The van der Waals surface area contributed by atoms with Crippen LogP contribution in [-0.2, 0) is 25.7 Å². The number of carbonyl (C=O) groups excluding carboxylic acids is 5. The van der Waals surface area contributed by atoms with E-state index < -0.39 is 35.9 Å². The highest BCUT2D eigenvalue weighted by Gasteiger charge is 2.28. The van der Waals surface area contributed by atoms with Gasteiger partial charge in [-0.1, -0.05) is 37.7 Å². The first-order valence-corrected chi connectivity index (χ1v) is 12.0. The van der Waals surface area contributed by atoms with Gasteiger partial charge < -0.3 is 31.7 Å². The highest BCUT2D eigenvalue weighted by atomic mass is 32.2. The Labute approximate surface area is 203 Å². The monoisotopic (exact) mass is 495 g/mol. The zero-order chi connectivity index (χ0) is 25.7. The quantitative estimate of drug-likeness (QED) is 0.217. The Kier molecular flexibility index (Phi) is 12.5. The van der Waals surface area contributed by atoms with Gasteiger partial charge in [0.1, 0.15) is 18.7 Å². The van der Waals surface area contributed by atoms with E-state index in [4.69, 9.17) is 10.5 Å². The third-order valence-electron chi connectivity index (χ3n) is 4.67. The van der Waals surface area contributed by atoms with Crippen molar-refractivity contribution in [3.63, 3.8) is 0 Å². The summed E-state index contributed by atoms with van der Waals surface area (Å²) in [7, 11) is 0. The number of hydrogen-bond donors (Lipinski definition) is 5. The molecule has 5 amide bonds. The van der Waals surface area contributed by atoms with Crippen molar-refractivity contribution in [1.82, 2.24) is 16.0 Å². The van der Waals surface area contributed by atoms with Crippen LogP contribution >= 0.6 is 11.8 Å². The van der Waals surface area contributed by atoms with Crippen molar-refractivity contribution >= 4 is 46.5 Å². The van der Waals surface area contributed by atoms with Gasteiger partial charge in [0, 0.05) is 19.2 Å². The summed E-state index contributed by atoms with van der Waals surface area (Å²) in [5.41, 5.74) is 6.30. The van der Waals surface area contributed by atoms with Crippen LogP contribution in [0, 0.1) is 5.92 Å². The Bertz CT molecular complexity index is 862. The number of thioether (sulfide) groups is 1. The maximum Gasteiger partial charge on any atom is 0.312 e. The molecule has 0 heterocycles. The Morgan fingerprint density at radius 3 is 2.21 bits per heavy atom. The zero-order valence-electron chi connectivity index (χ0n) is 19.8.